The largest absolute Gasteiger partial charge is 0.491 e. The Morgan fingerprint density at radius 3 is 2.41 bits per heavy atom. The number of aromatic nitrogens is 2. The van der Waals surface area contributed by atoms with Crippen molar-refractivity contribution in [1.82, 2.24) is 9.78 Å². The average Bonchev–Trinajstić information content (AvgIpc) is 3.33. The number of hydrogen-bond donors (Lipinski definition) is 1. The lowest BCUT2D eigenvalue weighted by atomic mass is 10.1. The highest BCUT2D eigenvalue weighted by Gasteiger charge is 2.32. The van der Waals surface area contributed by atoms with Crippen LogP contribution in [0.3, 0.4) is 0 Å². The summed E-state index contributed by atoms with van der Waals surface area (Å²) in [5, 5.41) is 7.38. The van der Waals surface area contributed by atoms with Gasteiger partial charge in [0.2, 0.25) is 0 Å². The Morgan fingerprint density at radius 2 is 1.81 bits per heavy atom. The van der Waals surface area contributed by atoms with E-state index < -0.39 is 9.84 Å². The molecule has 1 atom stereocenters. The summed E-state index contributed by atoms with van der Waals surface area (Å²) in [5.74, 6) is 0.546. The van der Waals surface area contributed by atoms with Crippen LogP contribution in [0.25, 0.3) is 11.3 Å². The van der Waals surface area contributed by atoms with Gasteiger partial charge in [0.1, 0.15) is 5.75 Å². The third kappa shape index (κ3) is 5.02. The van der Waals surface area contributed by atoms with Gasteiger partial charge in [0.15, 0.2) is 15.5 Å². The third-order valence-corrected chi connectivity index (χ3v) is 7.10. The number of carbonyl (C=O) groups is 1. The molecule has 0 saturated carbocycles. The van der Waals surface area contributed by atoms with Gasteiger partial charge in [-0.25, -0.2) is 8.42 Å². The Balaban J connectivity index is 1.61. The van der Waals surface area contributed by atoms with Crippen LogP contribution >= 0.6 is 0 Å². The van der Waals surface area contributed by atoms with E-state index in [4.69, 9.17) is 4.74 Å². The average molecular weight is 454 g/mol. The Hall–Kier alpha value is -3.13. The molecule has 1 aliphatic heterocycles. The molecular weight excluding hydrogens is 426 g/mol. The Kier molecular flexibility index (Phi) is 6.06. The van der Waals surface area contributed by atoms with E-state index >= 15 is 0 Å². The fourth-order valence-corrected chi connectivity index (χ4v) is 5.47. The van der Waals surface area contributed by atoms with Gasteiger partial charge >= 0.3 is 0 Å². The first kappa shape index (κ1) is 22.1. The molecule has 3 aromatic rings. The number of benzene rings is 2. The fraction of sp³-hybridized carbons (Fsp3) is 0.333. The zero-order chi connectivity index (χ0) is 22.9. The molecule has 1 amide bonds. The van der Waals surface area contributed by atoms with E-state index in [9.17, 15) is 13.2 Å². The van der Waals surface area contributed by atoms with Gasteiger partial charge in [-0.1, -0.05) is 29.8 Å². The smallest absolute Gasteiger partial charge is 0.276 e. The van der Waals surface area contributed by atoms with Crippen molar-refractivity contribution in [3.63, 3.8) is 0 Å². The highest BCUT2D eigenvalue weighted by Crippen LogP contribution is 2.30. The van der Waals surface area contributed by atoms with E-state index in [1.54, 1.807) is 35.0 Å². The van der Waals surface area contributed by atoms with Gasteiger partial charge < -0.3 is 10.1 Å². The molecule has 0 radical (unpaired) electrons. The number of rotatable bonds is 6. The van der Waals surface area contributed by atoms with E-state index in [2.05, 4.69) is 10.4 Å². The van der Waals surface area contributed by atoms with Crippen molar-refractivity contribution in [2.75, 3.05) is 16.8 Å². The first-order valence-corrected chi connectivity index (χ1v) is 12.5. The van der Waals surface area contributed by atoms with Crippen LogP contribution in [0.5, 0.6) is 5.75 Å². The van der Waals surface area contributed by atoms with Crippen molar-refractivity contribution in [3.8, 4) is 17.0 Å². The number of aryl methyl sites for hydroxylation is 1. The van der Waals surface area contributed by atoms with Gasteiger partial charge in [-0.15, -0.1) is 0 Å². The van der Waals surface area contributed by atoms with Gasteiger partial charge in [0.05, 0.1) is 29.3 Å². The Labute approximate surface area is 188 Å². The number of hydrogen-bond acceptors (Lipinski definition) is 5. The summed E-state index contributed by atoms with van der Waals surface area (Å²) in [6.45, 7) is 5.90. The Bertz CT molecular complexity index is 1210. The number of nitrogens with zero attached hydrogens (tertiary/aromatic N) is 2. The number of amides is 1. The van der Waals surface area contributed by atoms with Gasteiger partial charge in [0, 0.05) is 5.69 Å². The van der Waals surface area contributed by atoms with Crippen molar-refractivity contribution in [1.29, 1.82) is 0 Å². The predicted molar refractivity (Wildman–Crippen MR) is 125 cm³/mol. The monoisotopic (exact) mass is 453 g/mol. The van der Waals surface area contributed by atoms with Crippen molar-refractivity contribution < 1.29 is 17.9 Å². The third-order valence-electron chi connectivity index (χ3n) is 5.35. The summed E-state index contributed by atoms with van der Waals surface area (Å²) < 4.78 is 31.4. The van der Waals surface area contributed by atoms with Gasteiger partial charge in [-0.3, -0.25) is 9.48 Å². The minimum absolute atomic E-state index is 0.0336. The lowest BCUT2D eigenvalue weighted by Gasteiger charge is -2.13. The van der Waals surface area contributed by atoms with E-state index in [1.165, 1.54) is 0 Å². The zero-order valence-corrected chi connectivity index (χ0v) is 19.2. The number of anilines is 1. The second-order valence-corrected chi connectivity index (χ2v) is 10.7. The fourth-order valence-electron chi connectivity index (χ4n) is 3.78. The van der Waals surface area contributed by atoms with Gasteiger partial charge in [0.25, 0.3) is 5.91 Å². The van der Waals surface area contributed by atoms with Gasteiger partial charge in [-0.05, 0) is 63.1 Å². The molecule has 2 aromatic carbocycles. The van der Waals surface area contributed by atoms with Crippen molar-refractivity contribution in [3.05, 3.63) is 65.9 Å². The Morgan fingerprint density at radius 1 is 1.12 bits per heavy atom. The first-order chi connectivity index (χ1) is 15.2. The lowest BCUT2D eigenvalue weighted by molar-refractivity contribution is 0.102. The van der Waals surface area contributed by atoms with Crippen molar-refractivity contribution in [2.24, 2.45) is 0 Å². The number of sulfone groups is 1. The summed E-state index contributed by atoms with van der Waals surface area (Å²) in [5.41, 5.74) is 3.61. The van der Waals surface area contributed by atoms with E-state index in [-0.39, 0.29) is 35.3 Å². The maximum atomic E-state index is 12.9. The van der Waals surface area contributed by atoms with Crippen LogP contribution in [0.15, 0.2) is 54.6 Å². The van der Waals surface area contributed by atoms with Crippen molar-refractivity contribution in [2.45, 2.75) is 39.3 Å². The summed E-state index contributed by atoms with van der Waals surface area (Å²) in [6.07, 6.45) is 0.556. The summed E-state index contributed by atoms with van der Waals surface area (Å²) in [6, 6.07) is 16.5. The van der Waals surface area contributed by atoms with Crippen LogP contribution in [0.4, 0.5) is 5.69 Å². The first-order valence-electron chi connectivity index (χ1n) is 10.7. The molecule has 32 heavy (non-hydrogen) atoms. The van der Waals surface area contributed by atoms with Crippen molar-refractivity contribution >= 4 is 21.4 Å². The van der Waals surface area contributed by atoms with E-state index in [0.717, 1.165) is 22.6 Å². The van der Waals surface area contributed by atoms with E-state index in [0.29, 0.717) is 12.1 Å². The molecule has 1 aromatic heterocycles. The molecule has 1 N–H and O–H groups in total. The molecule has 8 heteroatoms. The van der Waals surface area contributed by atoms with E-state index in [1.807, 2.05) is 45.0 Å². The van der Waals surface area contributed by atoms with Crippen LogP contribution in [0.1, 0.15) is 42.4 Å². The van der Waals surface area contributed by atoms with Gasteiger partial charge in [-0.2, -0.15) is 5.10 Å². The molecule has 0 unspecified atom stereocenters. The predicted octanol–water partition coefficient (Wildman–Crippen LogP) is 4.26. The minimum Gasteiger partial charge on any atom is -0.491 e. The topological polar surface area (TPSA) is 90.3 Å². The van der Waals surface area contributed by atoms with Crippen LogP contribution in [-0.4, -0.2) is 41.7 Å². The van der Waals surface area contributed by atoms with Crippen LogP contribution in [-0.2, 0) is 9.84 Å². The van der Waals surface area contributed by atoms with Crippen LogP contribution in [0.2, 0.25) is 0 Å². The normalized spacial score (nSPS) is 17.4. The molecule has 0 spiro atoms. The van der Waals surface area contributed by atoms with Crippen LogP contribution in [0, 0.1) is 6.92 Å². The summed E-state index contributed by atoms with van der Waals surface area (Å²) in [4.78, 5) is 12.9. The molecule has 1 saturated heterocycles. The molecule has 4 rings (SSSR count). The molecule has 1 fully saturated rings. The summed E-state index contributed by atoms with van der Waals surface area (Å²) >= 11 is 0. The molecule has 0 bridgehead atoms. The highest BCUT2D eigenvalue weighted by atomic mass is 32.2. The minimum atomic E-state index is -3.09. The zero-order valence-electron chi connectivity index (χ0n) is 18.4. The molecule has 0 aliphatic carbocycles. The second kappa shape index (κ2) is 8.78. The molecule has 1 aliphatic rings. The maximum Gasteiger partial charge on any atom is 0.276 e. The second-order valence-electron chi connectivity index (χ2n) is 8.43. The standard InChI is InChI=1S/C24H27N3O4S/c1-16(2)31-21-10-8-19(9-11-21)25-24(28)22-14-23(18-6-4-17(3)5-7-18)27(26-22)20-12-13-32(29,30)15-20/h4-11,14,16,20H,12-13,15H2,1-3H3,(H,25,28)/t20-/m1/s1. The highest BCUT2D eigenvalue weighted by molar-refractivity contribution is 7.91. The lowest BCUT2D eigenvalue weighted by Crippen LogP contribution is -2.16. The number of ether oxygens (including phenoxy) is 1. The van der Waals surface area contributed by atoms with Crippen LogP contribution < -0.4 is 10.1 Å². The maximum absolute atomic E-state index is 12.9. The molecule has 7 nitrogen and oxygen atoms in total. The number of carbonyl (C=O) groups excluding carboxylic acids is 1. The molecule has 2 heterocycles. The molecular formula is C24H27N3O4S. The summed E-state index contributed by atoms with van der Waals surface area (Å²) in [7, 11) is -3.09. The molecule has 168 valence electrons. The SMILES string of the molecule is Cc1ccc(-c2cc(C(=O)Nc3ccc(OC(C)C)cc3)nn2[C@@H]2CCS(=O)(=O)C2)cc1. The number of nitrogens with one attached hydrogen (secondary N) is 1. The quantitative estimate of drug-likeness (QED) is 0.602.